The van der Waals surface area contributed by atoms with Crippen LogP contribution in [0.3, 0.4) is 0 Å². The normalized spacial score (nSPS) is 23.1. The molecule has 5 rings (SSSR count). The van der Waals surface area contributed by atoms with Crippen LogP contribution in [0.15, 0.2) is 60.9 Å². The fraction of sp³-hybridized carbons (Fsp3) is 0.320. The molecule has 4 nitrogen and oxygen atoms in total. The predicted molar refractivity (Wildman–Crippen MR) is 112 cm³/mol. The molecule has 2 unspecified atom stereocenters. The van der Waals surface area contributed by atoms with Crippen LogP contribution >= 0.6 is 0 Å². The van der Waals surface area contributed by atoms with Crippen LogP contribution < -0.4 is 0 Å². The van der Waals surface area contributed by atoms with Crippen LogP contribution in [-0.2, 0) is 6.42 Å². The van der Waals surface area contributed by atoms with Crippen LogP contribution in [0.1, 0.15) is 47.2 Å². The molecule has 2 aliphatic rings. The van der Waals surface area contributed by atoms with Gasteiger partial charge in [-0.05, 0) is 67.2 Å². The van der Waals surface area contributed by atoms with E-state index in [-0.39, 0.29) is 18.0 Å². The van der Waals surface area contributed by atoms with E-state index in [0.29, 0.717) is 17.0 Å². The predicted octanol–water partition coefficient (Wildman–Crippen LogP) is 4.73. The Morgan fingerprint density at radius 2 is 1.86 bits per heavy atom. The molecule has 2 bridgehead atoms. The Morgan fingerprint density at radius 3 is 2.66 bits per heavy atom. The molecule has 2 fully saturated rings. The average Bonchev–Trinajstić information content (AvgIpc) is 3.03. The van der Waals surface area contributed by atoms with Crippen molar-refractivity contribution in [1.82, 2.24) is 9.88 Å². The van der Waals surface area contributed by atoms with E-state index in [1.807, 2.05) is 24.5 Å². The highest BCUT2D eigenvalue weighted by Crippen LogP contribution is 2.41. The first-order chi connectivity index (χ1) is 14.2. The topological polar surface area (TPSA) is 57.0 Å². The number of amides is 1. The van der Waals surface area contributed by atoms with Gasteiger partial charge in [0.1, 0.15) is 0 Å². The molecule has 2 aromatic carbocycles. The molecule has 0 saturated carbocycles. The van der Waals surface area contributed by atoms with Gasteiger partial charge >= 0.3 is 0 Å². The van der Waals surface area contributed by atoms with Gasteiger partial charge in [-0.3, -0.25) is 9.78 Å². The summed E-state index contributed by atoms with van der Waals surface area (Å²) >= 11 is 0. The van der Waals surface area contributed by atoms with Gasteiger partial charge < -0.3 is 4.90 Å². The Labute approximate surface area is 170 Å². The van der Waals surface area contributed by atoms with Crippen molar-refractivity contribution in [3.05, 3.63) is 77.6 Å². The van der Waals surface area contributed by atoms with Crippen molar-refractivity contribution in [2.24, 2.45) is 5.92 Å². The lowest BCUT2D eigenvalue weighted by Gasteiger charge is -2.39. The fourth-order valence-corrected chi connectivity index (χ4v) is 5.36. The number of hydrogen-bond acceptors (Lipinski definition) is 3. The maximum absolute atomic E-state index is 13.2. The van der Waals surface area contributed by atoms with Crippen LogP contribution in [-0.4, -0.2) is 27.9 Å². The molecule has 0 radical (unpaired) electrons. The van der Waals surface area contributed by atoms with Gasteiger partial charge in [-0.1, -0.05) is 30.3 Å². The number of pyridine rings is 1. The number of benzene rings is 2. The second kappa shape index (κ2) is 7.33. The molecule has 0 spiro atoms. The van der Waals surface area contributed by atoms with E-state index in [0.717, 1.165) is 32.1 Å². The van der Waals surface area contributed by atoms with Crippen molar-refractivity contribution in [3.8, 4) is 6.07 Å². The van der Waals surface area contributed by atoms with Gasteiger partial charge in [0.2, 0.25) is 0 Å². The number of piperidine rings is 1. The molecule has 3 aromatic rings. The van der Waals surface area contributed by atoms with E-state index in [2.05, 4.69) is 40.2 Å². The zero-order valence-corrected chi connectivity index (χ0v) is 16.3. The minimum atomic E-state index is 0.0301. The lowest BCUT2D eigenvalue weighted by atomic mass is 9.84. The summed E-state index contributed by atoms with van der Waals surface area (Å²) in [6, 6.07) is 18.5. The summed E-state index contributed by atoms with van der Waals surface area (Å²) < 4.78 is 0. The third-order valence-electron chi connectivity index (χ3n) is 6.63. The number of carbonyl (C=O) groups is 1. The van der Waals surface area contributed by atoms with Crippen molar-refractivity contribution in [3.63, 3.8) is 0 Å². The van der Waals surface area contributed by atoms with E-state index < -0.39 is 0 Å². The molecule has 144 valence electrons. The highest BCUT2D eigenvalue weighted by molar-refractivity contribution is 5.97. The molecule has 4 heteroatoms. The van der Waals surface area contributed by atoms with Crippen molar-refractivity contribution in [2.75, 3.05) is 0 Å². The van der Waals surface area contributed by atoms with E-state index in [1.54, 1.807) is 12.1 Å². The van der Waals surface area contributed by atoms with Gasteiger partial charge in [0.15, 0.2) is 0 Å². The van der Waals surface area contributed by atoms with Crippen LogP contribution in [0.5, 0.6) is 0 Å². The Bertz CT molecular complexity index is 1100. The standard InChI is InChI=1S/C25H23N3O/c26-15-20-4-1-2-7-23(20)25(29)28-21-8-9-22(28)14-17(13-21)12-19-6-3-5-18-10-11-27-16-24(18)19/h1-7,10-11,16-17,21-22H,8-9,12-14H2. The highest BCUT2D eigenvalue weighted by Gasteiger charge is 2.43. The van der Waals surface area contributed by atoms with Gasteiger partial charge in [-0.25, -0.2) is 0 Å². The zero-order chi connectivity index (χ0) is 19.8. The number of nitrogens with zero attached hydrogens (tertiary/aromatic N) is 3. The van der Waals surface area contributed by atoms with Crippen molar-refractivity contribution in [1.29, 1.82) is 5.26 Å². The summed E-state index contributed by atoms with van der Waals surface area (Å²) in [6.45, 7) is 0. The number of nitriles is 1. The van der Waals surface area contributed by atoms with Gasteiger partial charge in [-0.15, -0.1) is 0 Å². The largest absolute Gasteiger partial charge is 0.333 e. The second-order valence-electron chi connectivity index (χ2n) is 8.31. The SMILES string of the molecule is N#Cc1ccccc1C(=O)N1C2CCC1CC(Cc1cccc3ccncc13)C2. The number of hydrogen-bond donors (Lipinski definition) is 0. The summed E-state index contributed by atoms with van der Waals surface area (Å²) in [5, 5.41) is 11.9. The Balaban J connectivity index is 1.36. The number of carbonyl (C=O) groups excluding carboxylic acids is 1. The highest BCUT2D eigenvalue weighted by atomic mass is 16.2. The van der Waals surface area contributed by atoms with E-state index in [9.17, 15) is 10.1 Å². The van der Waals surface area contributed by atoms with Crippen molar-refractivity contribution in [2.45, 2.75) is 44.2 Å². The quantitative estimate of drug-likeness (QED) is 0.659. The van der Waals surface area contributed by atoms with Crippen LogP contribution in [0.25, 0.3) is 10.8 Å². The first-order valence-electron chi connectivity index (χ1n) is 10.4. The lowest BCUT2D eigenvalue weighted by molar-refractivity contribution is 0.0524. The second-order valence-corrected chi connectivity index (χ2v) is 8.31. The maximum Gasteiger partial charge on any atom is 0.255 e. The van der Waals surface area contributed by atoms with Gasteiger partial charge in [0, 0.05) is 29.9 Å². The number of rotatable bonds is 3. The Kier molecular flexibility index (Phi) is 4.52. The summed E-state index contributed by atoms with van der Waals surface area (Å²) in [5.74, 6) is 0.607. The van der Waals surface area contributed by atoms with E-state index >= 15 is 0 Å². The van der Waals surface area contributed by atoms with Gasteiger partial charge in [-0.2, -0.15) is 5.26 Å². The molecule has 3 heterocycles. The minimum Gasteiger partial charge on any atom is -0.333 e. The minimum absolute atomic E-state index is 0.0301. The average molecular weight is 381 g/mol. The summed E-state index contributed by atoms with van der Waals surface area (Å²) in [5.41, 5.74) is 2.38. The van der Waals surface area contributed by atoms with Crippen molar-refractivity contribution >= 4 is 16.7 Å². The first kappa shape index (κ1) is 17.9. The molecule has 1 amide bonds. The summed E-state index contributed by atoms with van der Waals surface area (Å²) in [7, 11) is 0. The molecule has 2 atom stereocenters. The Hall–Kier alpha value is -3.19. The lowest BCUT2D eigenvalue weighted by Crippen LogP contribution is -2.47. The van der Waals surface area contributed by atoms with E-state index in [1.165, 1.54) is 16.3 Å². The van der Waals surface area contributed by atoms with Gasteiger partial charge in [0.25, 0.3) is 5.91 Å². The smallest absolute Gasteiger partial charge is 0.255 e. The van der Waals surface area contributed by atoms with Gasteiger partial charge in [0.05, 0.1) is 17.2 Å². The molecular formula is C25H23N3O. The molecule has 2 saturated heterocycles. The molecule has 2 aliphatic heterocycles. The summed E-state index contributed by atoms with van der Waals surface area (Å²) in [6.07, 6.45) is 9.05. The maximum atomic E-state index is 13.2. The van der Waals surface area contributed by atoms with Crippen LogP contribution in [0.2, 0.25) is 0 Å². The monoisotopic (exact) mass is 381 g/mol. The van der Waals surface area contributed by atoms with Crippen LogP contribution in [0, 0.1) is 17.2 Å². The number of fused-ring (bicyclic) bond motifs is 3. The molecule has 0 aliphatic carbocycles. The third kappa shape index (κ3) is 3.17. The summed E-state index contributed by atoms with van der Waals surface area (Å²) in [4.78, 5) is 19.6. The first-order valence-corrected chi connectivity index (χ1v) is 10.4. The molecule has 29 heavy (non-hydrogen) atoms. The van der Waals surface area contributed by atoms with Crippen LogP contribution in [0.4, 0.5) is 0 Å². The fourth-order valence-electron chi connectivity index (χ4n) is 5.36. The number of aromatic nitrogens is 1. The van der Waals surface area contributed by atoms with E-state index in [4.69, 9.17) is 0 Å². The molecule has 1 aromatic heterocycles. The molecule has 0 N–H and O–H groups in total. The zero-order valence-electron chi connectivity index (χ0n) is 16.3. The third-order valence-corrected chi connectivity index (χ3v) is 6.63. The Morgan fingerprint density at radius 1 is 1.07 bits per heavy atom. The van der Waals surface area contributed by atoms with Crippen molar-refractivity contribution < 1.29 is 4.79 Å². The molecular weight excluding hydrogens is 358 g/mol.